The van der Waals surface area contributed by atoms with Gasteiger partial charge >= 0.3 is 5.97 Å². The molecule has 1 atom stereocenters. The second-order valence-electron chi connectivity index (χ2n) is 10.0. The van der Waals surface area contributed by atoms with Gasteiger partial charge in [0.1, 0.15) is 0 Å². The molecule has 2 aromatic carbocycles. The van der Waals surface area contributed by atoms with Crippen LogP contribution in [0.2, 0.25) is 0 Å². The summed E-state index contributed by atoms with van der Waals surface area (Å²) in [5.74, 6) is -2.07. The standard InChI is InChI=1S/C32H28N6O5S/c33-19-21-5-7-22(8-6-21)30(41)35-25-17-23(31(42)36-26(18-29(39)40)28-4-2-16-44-28)9-10-27(25)37-12-14-38(15-13-37)32(43)24-3-1-11-34-20-24/h1-11,16-17,20,26H,12-15,18H2,(H,35,41)(H,36,42)(H,39,40). The van der Waals surface area contributed by atoms with Crippen molar-refractivity contribution in [3.05, 3.63) is 112 Å². The molecule has 1 unspecified atom stereocenters. The molecule has 0 radical (unpaired) electrons. The molecule has 0 spiro atoms. The fraction of sp³-hybridized carbons (Fsp3) is 0.188. The van der Waals surface area contributed by atoms with Crippen LogP contribution in [0, 0.1) is 11.3 Å². The second-order valence-corrected chi connectivity index (χ2v) is 11.0. The molecule has 1 saturated heterocycles. The van der Waals surface area contributed by atoms with E-state index in [-0.39, 0.29) is 17.9 Å². The van der Waals surface area contributed by atoms with Crippen molar-refractivity contribution in [3.8, 4) is 6.07 Å². The number of carboxylic acid groups (broad SMARTS) is 1. The lowest BCUT2D eigenvalue weighted by atomic mass is 10.1. The third kappa shape index (κ3) is 7.08. The van der Waals surface area contributed by atoms with E-state index in [9.17, 15) is 24.3 Å². The molecule has 4 aromatic rings. The van der Waals surface area contributed by atoms with Crippen LogP contribution in [0.1, 0.15) is 54.0 Å². The Morgan fingerprint density at radius 3 is 2.32 bits per heavy atom. The van der Waals surface area contributed by atoms with E-state index in [1.807, 2.05) is 16.3 Å². The van der Waals surface area contributed by atoms with Crippen LogP contribution in [0.4, 0.5) is 11.4 Å². The number of anilines is 2. The fourth-order valence-corrected chi connectivity index (χ4v) is 5.67. The molecule has 1 aliphatic rings. The van der Waals surface area contributed by atoms with Gasteiger partial charge in [0, 0.05) is 54.6 Å². The molecule has 3 amide bonds. The number of amides is 3. The van der Waals surface area contributed by atoms with Crippen molar-refractivity contribution >= 4 is 46.4 Å². The predicted octanol–water partition coefficient (Wildman–Crippen LogP) is 4.18. The van der Waals surface area contributed by atoms with Gasteiger partial charge in [-0.05, 0) is 66.0 Å². The molecule has 2 aromatic heterocycles. The van der Waals surface area contributed by atoms with Gasteiger partial charge in [-0.15, -0.1) is 11.3 Å². The van der Waals surface area contributed by atoms with Crippen molar-refractivity contribution < 1.29 is 24.3 Å². The van der Waals surface area contributed by atoms with Gasteiger partial charge in [0.15, 0.2) is 0 Å². The van der Waals surface area contributed by atoms with Crippen LogP contribution < -0.4 is 15.5 Å². The molecule has 0 saturated carbocycles. The first-order valence-corrected chi connectivity index (χ1v) is 14.7. The zero-order valence-corrected chi connectivity index (χ0v) is 24.3. The number of nitrogens with zero attached hydrogens (tertiary/aromatic N) is 4. The maximum absolute atomic E-state index is 13.3. The number of aromatic nitrogens is 1. The van der Waals surface area contributed by atoms with Crippen LogP contribution in [-0.2, 0) is 4.79 Å². The zero-order valence-electron chi connectivity index (χ0n) is 23.5. The Bertz CT molecular complexity index is 1700. The van der Waals surface area contributed by atoms with Gasteiger partial charge in [0.2, 0.25) is 0 Å². The van der Waals surface area contributed by atoms with Crippen molar-refractivity contribution in [3.63, 3.8) is 0 Å². The minimum absolute atomic E-state index is 0.110. The lowest BCUT2D eigenvalue weighted by Crippen LogP contribution is -2.49. The maximum atomic E-state index is 13.3. The normalized spacial score (nSPS) is 13.4. The quantitative estimate of drug-likeness (QED) is 0.256. The fourth-order valence-electron chi connectivity index (χ4n) is 4.89. The first kappa shape index (κ1) is 29.9. The second kappa shape index (κ2) is 13.6. The number of pyridine rings is 1. The average Bonchev–Trinajstić information content (AvgIpc) is 3.60. The Kier molecular flexibility index (Phi) is 9.27. The monoisotopic (exact) mass is 608 g/mol. The molecule has 1 fully saturated rings. The number of benzene rings is 2. The summed E-state index contributed by atoms with van der Waals surface area (Å²) >= 11 is 1.35. The first-order chi connectivity index (χ1) is 21.3. The van der Waals surface area contributed by atoms with Gasteiger partial charge < -0.3 is 25.5 Å². The molecule has 11 nitrogen and oxygen atoms in total. The largest absolute Gasteiger partial charge is 0.481 e. The number of nitrogens with one attached hydrogen (secondary N) is 2. The number of carbonyl (C=O) groups is 4. The highest BCUT2D eigenvalue weighted by atomic mass is 32.1. The third-order valence-electron chi connectivity index (χ3n) is 7.17. The summed E-state index contributed by atoms with van der Waals surface area (Å²) in [4.78, 5) is 59.5. The van der Waals surface area contributed by atoms with E-state index in [1.54, 1.807) is 77.8 Å². The van der Waals surface area contributed by atoms with E-state index in [0.717, 1.165) is 0 Å². The minimum Gasteiger partial charge on any atom is -0.481 e. The van der Waals surface area contributed by atoms with Crippen LogP contribution in [0.25, 0.3) is 0 Å². The molecule has 12 heteroatoms. The summed E-state index contributed by atoms with van der Waals surface area (Å²) in [6, 6.07) is 19.4. The number of piperazine rings is 1. The van der Waals surface area contributed by atoms with Crippen LogP contribution >= 0.6 is 11.3 Å². The van der Waals surface area contributed by atoms with Gasteiger partial charge in [0.25, 0.3) is 17.7 Å². The smallest absolute Gasteiger partial charge is 0.305 e. The third-order valence-corrected chi connectivity index (χ3v) is 8.16. The van der Waals surface area contributed by atoms with E-state index in [4.69, 9.17) is 5.26 Å². The van der Waals surface area contributed by atoms with Gasteiger partial charge in [0.05, 0.1) is 41.0 Å². The Morgan fingerprint density at radius 1 is 0.932 bits per heavy atom. The van der Waals surface area contributed by atoms with Crippen molar-refractivity contribution in [2.24, 2.45) is 0 Å². The first-order valence-electron chi connectivity index (χ1n) is 13.8. The molecule has 0 aliphatic carbocycles. The Labute approximate surface area is 257 Å². The molecule has 3 N–H and O–H groups in total. The van der Waals surface area contributed by atoms with Crippen molar-refractivity contribution in [2.45, 2.75) is 12.5 Å². The molecule has 222 valence electrons. The average molecular weight is 609 g/mol. The predicted molar refractivity (Wildman–Crippen MR) is 165 cm³/mol. The number of hydrogen-bond donors (Lipinski definition) is 3. The topological polar surface area (TPSA) is 156 Å². The minimum atomic E-state index is -1.05. The molecule has 44 heavy (non-hydrogen) atoms. The number of carbonyl (C=O) groups excluding carboxylic acids is 3. The lowest BCUT2D eigenvalue weighted by molar-refractivity contribution is -0.137. The lowest BCUT2D eigenvalue weighted by Gasteiger charge is -2.37. The Balaban J connectivity index is 1.39. The van der Waals surface area contributed by atoms with Gasteiger partial charge in [-0.25, -0.2) is 0 Å². The highest BCUT2D eigenvalue weighted by molar-refractivity contribution is 7.10. The summed E-state index contributed by atoms with van der Waals surface area (Å²) in [6.45, 7) is 1.85. The molecule has 1 aliphatic heterocycles. The van der Waals surface area contributed by atoms with E-state index in [0.29, 0.717) is 59.1 Å². The van der Waals surface area contributed by atoms with E-state index in [2.05, 4.69) is 15.6 Å². The summed E-state index contributed by atoms with van der Waals surface area (Å²) in [5.41, 5.74) is 2.54. The van der Waals surface area contributed by atoms with Crippen LogP contribution in [0.5, 0.6) is 0 Å². The van der Waals surface area contributed by atoms with Gasteiger partial charge in [-0.1, -0.05) is 6.07 Å². The highest BCUT2D eigenvalue weighted by Gasteiger charge is 2.26. The number of rotatable bonds is 9. The number of nitriles is 1. The van der Waals surface area contributed by atoms with E-state index in [1.165, 1.54) is 17.5 Å². The van der Waals surface area contributed by atoms with E-state index < -0.39 is 23.8 Å². The molecule has 0 bridgehead atoms. The van der Waals surface area contributed by atoms with E-state index >= 15 is 0 Å². The van der Waals surface area contributed by atoms with Crippen molar-refractivity contribution in [1.82, 2.24) is 15.2 Å². The van der Waals surface area contributed by atoms with Crippen LogP contribution in [-0.4, -0.2) is 64.9 Å². The van der Waals surface area contributed by atoms with Crippen molar-refractivity contribution in [2.75, 3.05) is 36.4 Å². The zero-order chi connectivity index (χ0) is 31.1. The van der Waals surface area contributed by atoms with Crippen LogP contribution in [0.3, 0.4) is 0 Å². The Hall–Kier alpha value is -5.54. The van der Waals surface area contributed by atoms with Gasteiger partial charge in [-0.3, -0.25) is 24.2 Å². The van der Waals surface area contributed by atoms with Gasteiger partial charge in [-0.2, -0.15) is 5.26 Å². The summed E-state index contributed by atoms with van der Waals surface area (Å²) < 4.78 is 0. The summed E-state index contributed by atoms with van der Waals surface area (Å²) in [5, 5.41) is 26.0. The highest BCUT2D eigenvalue weighted by Crippen LogP contribution is 2.30. The Morgan fingerprint density at radius 2 is 1.68 bits per heavy atom. The maximum Gasteiger partial charge on any atom is 0.305 e. The molecule has 3 heterocycles. The number of carboxylic acids is 1. The molecular formula is C32H28N6O5S. The molecule has 5 rings (SSSR count). The number of hydrogen-bond acceptors (Lipinski definition) is 8. The number of thiophene rings is 1. The number of aliphatic carboxylic acids is 1. The summed E-state index contributed by atoms with van der Waals surface area (Å²) in [6.07, 6.45) is 2.87. The molecular weight excluding hydrogens is 580 g/mol. The SMILES string of the molecule is N#Cc1ccc(C(=O)Nc2cc(C(=O)NC(CC(=O)O)c3cccs3)ccc2N2CCN(C(=O)c3cccnc3)CC2)cc1. The summed E-state index contributed by atoms with van der Waals surface area (Å²) in [7, 11) is 0. The van der Waals surface area contributed by atoms with Crippen molar-refractivity contribution in [1.29, 1.82) is 5.26 Å². The van der Waals surface area contributed by atoms with Crippen LogP contribution in [0.15, 0.2) is 84.5 Å².